The minimum atomic E-state index is -0.602. The molecule has 1 heterocycles. The van der Waals surface area contributed by atoms with Crippen molar-refractivity contribution in [3.63, 3.8) is 0 Å². The van der Waals surface area contributed by atoms with E-state index in [-0.39, 0.29) is 36.7 Å². The number of anilines is 1. The molecule has 1 aliphatic heterocycles. The number of nitrogens with one attached hydrogen (secondary N) is 1. The van der Waals surface area contributed by atoms with Crippen molar-refractivity contribution in [1.82, 2.24) is 10.2 Å². The lowest BCUT2D eigenvalue weighted by Crippen LogP contribution is -2.51. The van der Waals surface area contributed by atoms with Gasteiger partial charge in [-0.05, 0) is 60.9 Å². The Kier molecular flexibility index (Phi) is 8.97. The molecule has 0 saturated heterocycles. The smallest absolute Gasteiger partial charge is 0.258 e. The maximum absolute atomic E-state index is 13.7. The van der Waals surface area contributed by atoms with Crippen molar-refractivity contribution in [1.29, 1.82) is 0 Å². The molecular weight excluding hydrogens is 545 g/mol. The number of carbonyl (C=O) groups is 3. The van der Waals surface area contributed by atoms with Crippen LogP contribution in [0.15, 0.2) is 54.6 Å². The van der Waals surface area contributed by atoms with E-state index in [4.69, 9.17) is 23.2 Å². The lowest BCUT2D eigenvalue weighted by Gasteiger charge is -2.33. The first-order chi connectivity index (χ1) is 19.4. The van der Waals surface area contributed by atoms with E-state index >= 15 is 0 Å². The van der Waals surface area contributed by atoms with Crippen molar-refractivity contribution >= 4 is 57.4 Å². The first kappa shape index (κ1) is 28.4. The second-order valence-corrected chi connectivity index (χ2v) is 11.6. The highest BCUT2D eigenvalue weighted by atomic mass is 35.5. The van der Waals surface area contributed by atoms with Crippen LogP contribution in [0.3, 0.4) is 0 Å². The average molecular weight is 581 g/mol. The largest absolute Gasteiger partial charge is 0.352 e. The van der Waals surface area contributed by atoms with Crippen LogP contribution in [0.5, 0.6) is 0 Å². The zero-order chi connectivity index (χ0) is 28.2. The standard InChI is InChI=1S/C32H35Cl2N3O3/c1-2-27(31(39)35-23-11-4-3-5-12-23)37(20-21-16-17-25(33)26(34)19-21)29(38)15-8-18-36-28-14-7-10-22-9-6-13-24(30(22)28)32(36)40/h6-7,9-10,13-14,16-17,19,23,27H,2-5,8,11-12,15,18,20H2,1H3,(H,35,39). The van der Waals surface area contributed by atoms with Gasteiger partial charge in [0.15, 0.2) is 0 Å². The first-order valence-electron chi connectivity index (χ1n) is 14.2. The van der Waals surface area contributed by atoms with Crippen molar-refractivity contribution in [2.45, 2.75) is 76.9 Å². The number of halogens is 2. The Bertz CT molecular complexity index is 1410. The molecule has 40 heavy (non-hydrogen) atoms. The number of carbonyl (C=O) groups excluding carboxylic acids is 3. The minimum Gasteiger partial charge on any atom is -0.352 e. The Hall–Kier alpha value is -3.09. The summed E-state index contributed by atoms with van der Waals surface area (Å²) in [5, 5.41) is 6.06. The molecule has 1 fully saturated rings. The maximum Gasteiger partial charge on any atom is 0.258 e. The molecular formula is C32H35Cl2N3O3. The van der Waals surface area contributed by atoms with Crippen LogP contribution in [0.1, 0.15) is 74.2 Å². The molecule has 0 radical (unpaired) electrons. The van der Waals surface area contributed by atoms with Crippen molar-refractivity contribution in [2.75, 3.05) is 11.4 Å². The number of hydrogen-bond donors (Lipinski definition) is 1. The molecule has 1 aliphatic carbocycles. The van der Waals surface area contributed by atoms with Gasteiger partial charge in [-0.1, -0.05) is 79.7 Å². The zero-order valence-electron chi connectivity index (χ0n) is 22.8. The molecule has 3 aromatic carbocycles. The molecule has 3 aromatic rings. The van der Waals surface area contributed by atoms with Gasteiger partial charge in [-0.25, -0.2) is 0 Å². The topological polar surface area (TPSA) is 69.7 Å². The van der Waals surface area contributed by atoms with Crippen LogP contribution in [0.2, 0.25) is 10.0 Å². The summed E-state index contributed by atoms with van der Waals surface area (Å²) in [6, 6.07) is 16.5. The summed E-state index contributed by atoms with van der Waals surface area (Å²) >= 11 is 12.4. The van der Waals surface area contributed by atoms with Crippen LogP contribution < -0.4 is 10.2 Å². The molecule has 1 atom stereocenters. The maximum atomic E-state index is 13.7. The molecule has 0 spiro atoms. The van der Waals surface area contributed by atoms with Crippen LogP contribution in [-0.2, 0) is 16.1 Å². The van der Waals surface area contributed by atoms with Crippen molar-refractivity contribution in [3.05, 3.63) is 75.8 Å². The normalized spacial score (nSPS) is 15.9. The predicted molar refractivity (Wildman–Crippen MR) is 161 cm³/mol. The van der Waals surface area contributed by atoms with E-state index in [2.05, 4.69) is 5.32 Å². The number of rotatable bonds is 10. The monoisotopic (exact) mass is 579 g/mol. The number of hydrogen-bond acceptors (Lipinski definition) is 3. The summed E-state index contributed by atoms with van der Waals surface area (Å²) in [5.41, 5.74) is 2.39. The van der Waals surface area contributed by atoms with E-state index in [1.807, 2.05) is 49.4 Å². The van der Waals surface area contributed by atoms with E-state index < -0.39 is 6.04 Å². The molecule has 1 saturated carbocycles. The molecule has 5 rings (SSSR count). The Balaban J connectivity index is 1.30. The van der Waals surface area contributed by atoms with Crippen molar-refractivity contribution < 1.29 is 14.4 Å². The van der Waals surface area contributed by atoms with Gasteiger partial charge >= 0.3 is 0 Å². The van der Waals surface area contributed by atoms with Gasteiger partial charge in [0.05, 0.1) is 15.7 Å². The zero-order valence-corrected chi connectivity index (χ0v) is 24.3. The third kappa shape index (κ3) is 5.98. The third-order valence-corrected chi connectivity index (χ3v) is 8.83. The van der Waals surface area contributed by atoms with Gasteiger partial charge in [0.25, 0.3) is 5.91 Å². The summed E-state index contributed by atoms with van der Waals surface area (Å²) in [4.78, 5) is 43.8. The summed E-state index contributed by atoms with van der Waals surface area (Å²) in [6.45, 7) is 2.60. The molecule has 2 aliphatic rings. The highest BCUT2D eigenvalue weighted by molar-refractivity contribution is 6.42. The van der Waals surface area contributed by atoms with Crippen molar-refractivity contribution in [2.24, 2.45) is 0 Å². The first-order valence-corrected chi connectivity index (χ1v) is 15.0. The molecule has 210 valence electrons. The highest BCUT2D eigenvalue weighted by Crippen LogP contribution is 2.37. The molecule has 1 N–H and O–H groups in total. The lowest BCUT2D eigenvalue weighted by atomic mass is 9.95. The van der Waals surface area contributed by atoms with Crippen LogP contribution in [0.4, 0.5) is 5.69 Å². The predicted octanol–water partition coefficient (Wildman–Crippen LogP) is 7.14. The Morgan fingerprint density at radius 2 is 1.77 bits per heavy atom. The van der Waals surface area contributed by atoms with Gasteiger partial charge in [-0.3, -0.25) is 14.4 Å². The fourth-order valence-corrected chi connectivity index (χ4v) is 6.35. The Morgan fingerprint density at radius 1 is 1.02 bits per heavy atom. The van der Waals surface area contributed by atoms with Gasteiger partial charge in [-0.15, -0.1) is 0 Å². The van der Waals surface area contributed by atoms with E-state index in [1.165, 1.54) is 6.42 Å². The van der Waals surface area contributed by atoms with Crippen LogP contribution in [0, 0.1) is 0 Å². The van der Waals surface area contributed by atoms with Crippen LogP contribution >= 0.6 is 23.2 Å². The van der Waals surface area contributed by atoms with E-state index in [0.717, 1.165) is 47.7 Å². The lowest BCUT2D eigenvalue weighted by molar-refractivity contribution is -0.141. The fraction of sp³-hybridized carbons (Fsp3) is 0.406. The SMILES string of the molecule is CCC(C(=O)NC1CCCCC1)N(Cc1ccc(Cl)c(Cl)c1)C(=O)CCCN1C(=O)c2cccc3cccc1c23. The second-order valence-electron chi connectivity index (χ2n) is 10.8. The van der Waals surface area contributed by atoms with Gasteiger partial charge in [0.1, 0.15) is 6.04 Å². The second kappa shape index (κ2) is 12.6. The molecule has 0 bridgehead atoms. The molecule has 8 heteroatoms. The van der Waals surface area contributed by atoms with Gasteiger partial charge in [-0.2, -0.15) is 0 Å². The van der Waals surface area contributed by atoms with E-state index in [9.17, 15) is 14.4 Å². The quantitative estimate of drug-likeness (QED) is 0.277. The van der Waals surface area contributed by atoms with Gasteiger partial charge in [0, 0.05) is 36.5 Å². The Labute approximate surface area is 245 Å². The number of nitrogens with zero attached hydrogens (tertiary/aromatic N) is 2. The van der Waals surface area contributed by atoms with Crippen LogP contribution in [0.25, 0.3) is 10.8 Å². The van der Waals surface area contributed by atoms with Gasteiger partial charge in [0.2, 0.25) is 11.8 Å². The molecule has 1 unspecified atom stereocenters. The van der Waals surface area contributed by atoms with E-state index in [1.54, 1.807) is 21.9 Å². The molecule has 6 nitrogen and oxygen atoms in total. The summed E-state index contributed by atoms with van der Waals surface area (Å²) in [6.07, 6.45) is 6.56. The highest BCUT2D eigenvalue weighted by Gasteiger charge is 2.32. The van der Waals surface area contributed by atoms with Crippen LogP contribution in [-0.4, -0.2) is 41.2 Å². The Morgan fingerprint density at radius 3 is 2.50 bits per heavy atom. The molecule has 0 aromatic heterocycles. The summed E-state index contributed by atoms with van der Waals surface area (Å²) in [7, 11) is 0. The van der Waals surface area contributed by atoms with Crippen molar-refractivity contribution in [3.8, 4) is 0 Å². The molecule has 3 amide bonds. The van der Waals surface area contributed by atoms with E-state index in [0.29, 0.717) is 35.0 Å². The minimum absolute atomic E-state index is 0.0368. The number of benzene rings is 3. The third-order valence-electron chi connectivity index (χ3n) is 8.10. The summed E-state index contributed by atoms with van der Waals surface area (Å²) in [5.74, 6) is -0.274. The van der Waals surface area contributed by atoms with Gasteiger partial charge < -0.3 is 15.1 Å². The average Bonchev–Trinajstić information content (AvgIpc) is 3.23. The number of amides is 3. The fourth-order valence-electron chi connectivity index (χ4n) is 6.03. The summed E-state index contributed by atoms with van der Waals surface area (Å²) < 4.78 is 0.